The molecule has 0 aliphatic rings. The molecule has 2 aromatic carbocycles. The summed E-state index contributed by atoms with van der Waals surface area (Å²) >= 11 is 0. The van der Waals surface area contributed by atoms with Gasteiger partial charge in [-0.1, -0.05) is 6.07 Å². The van der Waals surface area contributed by atoms with E-state index in [4.69, 9.17) is 10.00 Å². The van der Waals surface area contributed by atoms with Gasteiger partial charge in [-0.3, -0.25) is 10.1 Å². The topological polar surface area (TPSA) is 76.2 Å². The van der Waals surface area contributed by atoms with Gasteiger partial charge in [0.15, 0.2) is 0 Å². The molecule has 0 saturated heterocycles. The van der Waals surface area contributed by atoms with Gasteiger partial charge in [-0.25, -0.2) is 4.39 Å². The summed E-state index contributed by atoms with van der Waals surface area (Å²) in [5.41, 5.74) is -0.562. The van der Waals surface area contributed by atoms with E-state index < -0.39 is 22.2 Å². The molecule has 0 heterocycles. The normalized spacial score (nSPS) is 9.95. The molecule has 2 aromatic rings. The van der Waals surface area contributed by atoms with Gasteiger partial charge < -0.3 is 4.74 Å². The average molecular weight is 290 g/mol. The first-order valence-electron chi connectivity index (χ1n) is 5.77. The minimum absolute atomic E-state index is 0.0243. The number of rotatable bonds is 4. The number of halogens is 2. The molecule has 0 aliphatic heterocycles. The number of nitro groups is 1. The molecule has 106 valence electrons. The van der Waals surface area contributed by atoms with E-state index in [1.807, 2.05) is 0 Å². The fourth-order valence-corrected chi connectivity index (χ4v) is 1.68. The van der Waals surface area contributed by atoms with Gasteiger partial charge in [0.05, 0.1) is 4.92 Å². The number of hydrogen-bond donors (Lipinski definition) is 0. The second kappa shape index (κ2) is 5.96. The first-order valence-corrected chi connectivity index (χ1v) is 5.77. The third-order valence-electron chi connectivity index (χ3n) is 2.69. The van der Waals surface area contributed by atoms with Crippen molar-refractivity contribution in [3.63, 3.8) is 0 Å². The zero-order valence-electron chi connectivity index (χ0n) is 10.5. The zero-order chi connectivity index (χ0) is 15.4. The lowest BCUT2D eigenvalue weighted by Gasteiger charge is -2.08. The molecule has 0 aliphatic carbocycles. The van der Waals surface area contributed by atoms with Crippen LogP contribution >= 0.6 is 0 Å². The lowest BCUT2D eigenvalue weighted by atomic mass is 10.2. The van der Waals surface area contributed by atoms with Crippen LogP contribution in [0, 0.1) is 33.1 Å². The summed E-state index contributed by atoms with van der Waals surface area (Å²) < 4.78 is 32.0. The number of benzene rings is 2. The number of ether oxygens (including phenoxy) is 1. The number of nitrogens with zero attached hydrogens (tertiary/aromatic N) is 2. The fourth-order valence-electron chi connectivity index (χ4n) is 1.68. The van der Waals surface area contributed by atoms with Gasteiger partial charge in [0.2, 0.25) is 5.82 Å². The molecule has 0 N–H and O–H groups in total. The second-order valence-electron chi connectivity index (χ2n) is 4.06. The van der Waals surface area contributed by atoms with Crippen LogP contribution in [0.3, 0.4) is 0 Å². The lowest BCUT2D eigenvalue weighted by molar-refractivity contribution is -0.387. The lowest BCUT2D eigenvalue weighted by Crippen LogP contribution is -2.00. The Labute approximate surface area is 118 Å². The highest BCUT2D eigenvalue weighted by atomic mass is 19.1. The first-order chi connectivity index (χ1) is 10.0. The van der Waals surface area contributed by atoms with E-state index in [-0.39, 0.29) is 17.9 Å². The molecular formula is C14H8F2N2O3. The molecular weight excluding hydrogens is 282 g/mol. The Morgan fingerprint density at radius 3 is 2.62 bits per heavy atom. The van der Waals surface area contributed by atoms with E-state index in [0.717, 1.165) is 18.2 Å². The Morgan fingerprint density at radius 1 is 1.24 bits per heavy atom. The Bertz CT molecular complexity index is 741. The second-order valence-corrected chi connectivity index (χ2v) is 4.06. The maximum Gasteiger partial charge on any atom is 0.304 e. The molecule has 2 rings (SSSR count). The Hall–Kier alpha value is -3.01. The third kappa shape index (κ3) is 3.12. The molecule has 0 spiro atoms. The van der Waals surface area contributed by atoms with Gasteiger partial charge in [-0.15, -0.1) is 0 Å². The van der Waals surface area contributed by atoms with E-state index in [1.165, 1.54) is 18.2 Å². The average Bonchev–Trinajstić information content (AvgIpc) is 2.44. The van der Waals surface area contributed by atoms with Crippen molar-refractivity contribution in [2.45, 2.75) is 6.61 Å². The van der Waals surface area contributed by atoms with Crippen LogP contribution in [0.2, 0.25) is 0 Å². The molecule has 0 unspecified atom stereocenters. The van der Waals surface area contributed by atoms with Crippen LogP contribution in [0.1, 0.15) is 11.1 Å². The van der Waals surface area contributed by atoms with Crippen molar-refractivity contribution in [2.24, 2.45) is 0 Å². The summed E-state index contributed by atoms with van der Waals surface area (Å²) in [4.78, 5) is 9.66. The summed E-state index contributed by atoms with van der Waals surface area (Å²) in [7, 11) is 0. The highest BCUT2D eigenvalue weighted by Crippen LogP contribution is 2.23. The summed E-state index contributed by atoms with van der Waals surface area (Å²) in [5.74, 6) is -1.68. The van der Waals surface area contributed by atoms with Crippen molar-refractivity contribution in [3.05, 3.63) is 69.3 Å². The van der Waals surface area contributed by atoms with Crippen LogP contribution in [-0.2, 0) is 6.61 Å². The largest absolute Gasteiger partial charge is 0.487 e. The predicted octanol–water partition coefficient (Wildman–Crippen LogP) is 3.32. The molecule has 0 bridgehead atoms. The standard InChI is InChI=1S/C14H8F2N2O3/c15-11-2-1-3-14(10(11)7-17)21-8-9-4-5-13(18(19)20)12(16)6-9/h1-6H,8H2. The molecule has 0 amide bonds. The van der Waals surface area contributed by atoms with Crippen LogP contribution in [-0.4, -0.2) is 4.92 Å². The van der Waals surface area contributed by atoms with E-state index >= 15 is 0 Å². The molecule has 0 fully saturated rings. The first kappa shape index (κ1) is 14.4. The van der Waals surface area contributed by atoms with E-state index in [1.54, 1.807) is 6.07 Å². The molecule has 0 aromatic heterocycles. The van der Waals surface area contributed by atoms with E-state index in [9.17, 15) is 18.9 Å². The van der Waals surface area contributed by atoms with Gasteiger partial charge in [-0.2, -0.15) is 9.65 Å². The molecule has 0 atom stereocenters. The molecule has 5 nitrogen and oxygen atoms in total. The van der Waals surface area contributed by atoms with Crippen molar-refractivity contribution in [3.8, 4) is 11.8 Å². The smallest absolute Gasteiger partial charge is 0.304 e. The Morgan fingerprint density at radius 2 is 2.00 bits per heavy atom. The zero-order valence-corrected chi connectivity index (χ0v) is 10.5. The summed E-state index contributed by atoms with van der Waals surface area (Å²) in [5, 5.41) is 19.3. The number of nitriles is 1. The SMILES string of the molecule is N#Cc1c(F)cccc1OCc1ccc([N+](=O)[O-])c(F)c1. The van der Waals surface area contributed by atoms with Crippen molar-refractivity contribution in [1.29, 1.82) is 5.26 Å². The van der Waals surface area contributed by atoms with Crippen molar-refractivity contribution < 1.29 is 18.4 Å². The summed E-state index contributed by atoms with van der Waals surface area (Å²) in [6.45, 7) is -0.146. The van der Waals surface area contributed by atoms with Crippen LogP contribution in [0.15, 0.2) is 36.4 Å². The maximum absolute atomic E-state index is 13.4. The highest BCUT2D eigenvalue weighted by molar-refractivity contribution is 5.44. The minimum atomic E-state index is -0.985. The quantitative estimate of drug-likeness (QED) is 0.639. The van der Waals surface area contributed by atoms with Crippen LogP contribution in [0.25, 0.3) is 0 Å². The molecule has 21 heavy (non-hydrogen) atoms. The van der Waals surface area contributed by atoms with Gasteiger partial charge >= 0.3 is 5.69 Å². The van der Waals surface area contributed by atoms with Crippen molar-refractivity contribution in [2.75, 3.05) is 0 Å². The van der Waals surface area contributed by atoms with Gasteiger partial charge in [0.1, 0.15) is 29.8 Å². The third-order valence-corrected chi connectivity index (χ3v) is 2.69. The molecule has 7 heteroatoms. The van der Waals surface area contributed by atoms with Crippen LogP contribution in [0.5, 0.6) is 5.75 Å². The van der Waals surface area contributed by atoms with Crippen LogP contribution in [0.4, 0.5) is 14.5 Å². The number of nitro benzene ring substituents is 1. The summed E-state index contributed by atoms with van der Waals surface area (Å²) in [6.07, 6.45) is 0. The Balaban J connectivity index is 2.18. The Kier molecular flexibility index (Phi) is 4.09. The summed E-state index contributed by atoms with van der Waals surface area (Å²) in [6, 6.07) is 8.88. The molecule has 0 saturated carbocycles. The van der Waals surface area contributed by atoms with Gasteiger partial charge in [-0.05, 0) is 29.8 Å². The van der Waals surface area contributed by atoms with Crippen molar-refractivity contribution >= 4 is 5.69 Å². The minimum Gasteiger partial charge on any atom is -0.487 e. The monoisotopic (exact) mass is 290 g/mol. The highest BCUT2D eigenvalue weighted by Gasteiger charge is 2.14. The van der Waals surface area contributed by atoms with E-state index in [0.29, 0.717) is 5.56 Å². The fraction of sp³-hybridized carbons (Fsp3) is 0.0714. The number of hydrogen-bond acceptors (Lipinski definition) is 4. The van der Waals surface area contributed by atoms with Gasteiger partial charge in [0, 0.05) is 6.07 Å². The molecule has 0 radical (unpaired) electrons. The van der Waals surface area contributed by atoms with Gasteiger partial charge in [0.25, 0.3) is 0 Å². The maximum atomic E-state index is 13.4. The van der Waals surface area contributed by atoms with Crippen molar-refractivity contribution in [1.82, 2.24) is 0 Å². The predicted molar refractivity (Wildman–Crippen MR) is 68.5 cm³/mol. The van der Waals surface area contributed by atoms with Crippen LogP contribution < -0.4 is 4.74 Å². The van der Waals surface area contributed by atoms with E-state index in [2.05, 4.69) is 0 Å².